The van der Waals surface area contributed by atoms with Crippen LogP contribution in [-0.2, 0) is 29.6 Å². The normalized spacial score (nSPS) is 10.2. The van der Waals surface area contributed by atoms with Crippen molar-refractivity contribution >= 4 is 21.9 Å². The average molecular weight is 321 g/mol. The molecule has 0 amide bonds. The second-order valence-electron chi connectivity index (χ2n) is 4.34. The Hall–Kier alpha value is -1.68. The zero-order chi connectivity index (χ0) is 13.7. The van der Waals surface area contributed by atoms with Crippen LogP contribution in [0.4, 0.5) is 0 Å². The second-order valence-corrected chi connectivity index (χ2v) is 5.25. The summed E-state index contributed by atoms with van der Waals surface area (Å²) < 4.78 is 8.18. The molecule has 0 unspecified atom stereocenters. The van der Waals surface area contributed by atoms with Crippen molar-refractivity contribution in [2.24, 2.45) is 7.05 Å². The first-order valence-electron chi connectivity index (χ1n) is 5.98. The third kappa shape index (κ3) is 4.48. The lowest BCUT2D eigenvalue weighted by molar-refractivity contribution is -0.671. The Morgan fingerprint density at radius 1 is 1.11 bits per heavy atom. The maximum Gasteiger partial charge on any atom is 0.310 e. The molecule has 3 nitrogen and oxygen atoms in total. The van der Waals surface area contributed by atoms with Gasteiger partial charge in [-0.25, -0.2) is 4.57 Å². The molecule has 1 aromatic heterocycles. The van der Waals surface area contributed by atoms with Crippen molar-refractivity contribution in [1.82, 2.24) is 0 Å². The second kappa shape index (κ2) is 6.48. The number of hydrogen-bond acceptors (Lipinski definition) is 2. The molecule has 0 spiro atoms. The molecule has 0 aliphatic heterocycles. The number of carbonyl (C=O) groups is 1. The molecule has 98 valence electrons. The van der Waals surface area contributed by atoms with Gasteiger partial charge >= 0.3 is 5.97 Å². The summed E-state index contributed by atoms with van der Waals surface area (Å²) in [5, 5.41) is 0. The Labute approximate surface area is 121 Å². The van der Waals surface area contributed by atoms with Crippen LogP contribution in [0.5, 0.6) is 0 Å². The van der Waals surface area contributed by atoms with E-state index >= 15 is 0 Å². The lowest BCUT2D eigenvalue weighted by atomic mass is 10.2. The van der Waals surface area contributed by atoms with Gasteiger partial charge in [0.05, 0.1) is 6.42 Å². The summed E-state index contributed by atoms with van der Waals surface area (Å²) in [5.41, 5.74) is 1.94. The molecule has 0 atom stereocenters. The predicted octanol–water partition coefficient (Wildman–Crippen LogP) is 2.56. The molecule has 2 aromatic rings. The fraction of sp³-hybridized carbons (Fsp3) is 0.200. The summed E-state index contributed by atoms with van der Waals surface area (Å²) in [6.45, 7) is 0.312. The van der Waals surface area contributed by atoms with Gasteiger partial charge in [0.1, 0.15) is 13.7 Å². The summed E-state index contributed by atoms with van der Waals surface area (Å²) in [7, 11) is 1.94. The van der Waals surface area contributed by atoms with E-state index in [0.29, 0.717) is 13.0 Å². The van der Waals surface area contributed by atoms with E-state index in [2.05, 4.69) is 15.9 Å². The summed E-state index contributed by atoms with van der Waals surface area (Å²) in [6.07, 6.45) is 4.13. The molecule has 1 heterocycles. The SMILES string of the molecule is C[n+]1ccc(CC(=O)OCc2ccc(Br)cc2)cc1. The molecule has 4 heteroatoms. The molecule has 0 saturated carbocycles. The number of hydrogen-bond donors (Lipinski definition) is 0. The number of esters is 1. The minimum Gasteiger partial charge on any atom is -0.461 e. The minimum absolute atomic E-state index is 0.211. The smallest absolute Gasteiger partial charge is 0.310 e. The Balaban J connectivity index is 1.84. The van der Waals surface area contributed by atoms with Crippen LogP contribution < -0.4 is 4.57 Å². The number of pyridine rings is 1. The van der Waals surface area contributed by atoms with Gasteiger partial charge in [0.2, 0.25) is 0 Å². The molecule has 2 rings (SSSR count). The van der Waals surface area contributed by atoms with Crippen LogP contribution in [-0.4, -0.2) is 5.97 Å². The number of nitrogens with zero attached hydrogens (tertiary/aromatic N) is 1. The minimum atomic E-state index is -0.211. The van der Waals surface area contributed by atoms with Gasteiger partial charge in [-0.05, 0) is 23.3 Å². The number of ether oxygens (including phenoxy) is 1. The van der Waals surface area contributed by atoms with Crippen molar-refractivity contribution in [1.29, 1.82) is 0 Å². The summed E-state index contributed by atoms with van der Waals surface area (Å²) >= 11 is 3.37. The van der Waals surface area contributed by atoms with Crippen molar-refractivity contribution in [3.8, 4) is 0 Å². The van der Waals surface area contributed by atoms with Crippen LogP contribution in [0.3, 0.4) is 0 Å². The standard InChI is InChI=1S/C15H15BrNO2/c1-17-8-6-12(7-9-17)10-15(18)19-11-13-2-4-14(16)5-3-13/h2-9H,10-11H2,1H3/q+1. The number of aryl methyl sites for hydroxylation is 1. The fourth-order valence-corrected chi connectivity index (χ4v) is 1.88. The number of rotatable bonds is 4. The third-order valence-electron chi connectivity index (χ3n) is 2.71. The molecule has 0 bridgehead atoms. The highest BCUT2D eigenvalue weighted by molar-refractivity contribution is 9.10. The van der Waals surface area contributed by atoms with E-state index in [1.54, 1.807) is 0 Å². The van der Waals surface area contributed by atoms with E-state index in [9.17, 15) is 4.79 Å². The summed E-state index contributed by atoms with van der Waals surface area (Å²) in [6, 6.07) is 11.6. The highest BCUT2D eigenvalue weighted by atomic mass is 79.9. The largest absolute Gasteiger partial charge is 0.461 e. The van der Waals surface area contributed by atoms with Crippen LogP contribution >= 0.6 is 15.9 Å². The molecule has 1 aromatic carbocycles. The maximum atomic E-state index is 11.7. The summed E-state index contributed by atoms with van der Waals surface area (Å²) in [5.74, 6) is -0.211. The Bertz CT molecular complexity index is 549. The molecular formula is C15H15BrNO2+. The van der Waals surface area contributed by atoms with Gasteiger partial charge < -0.3 is 4.74 Å². The monoisotopic (exact) mass is 320 g/mol. The van der Waals surface area contributed by atoms with Gasteiger partial charge in [0, 0.05) is 16.6 Å². The first-order valence-corrected chi connectivity index (χ1v) is 6.77. The van der Waals surface area contributed by atoms with E-state index in [4.69, 9.17) is 4.74 Å². The van der Waals surface area contributed by atoms with E-state index in [1.165, 1.54) is 0 Å². The van der Waals surface area contributed by atoms with Crippen molar-refractivity contribution in [3.63, 3.8) is 0 Å². The number of carbonyl (C=O) groups excluding carboxylic acids is 1. The van der Waals surface area contributed by atoms with Crippen molar-refractivity contribution in [2.45, 2.75) is 13.0 Å². The molecular weight excluding hydrogens is 306 g/mol. The van der Waals surface area contributed by atoms with Crippen LogP contribution in [0.1, 0.15) is 11.1 Å². The molecule has 0 radical (unpaired) electrons. The maximum absolute atomic E-state index is 11.7. The lowest BCUT2D eigenvalue weighted by Crippen LogP contribution is -2.26. The lowest BCUT2D eigenvalue weighted by Gasteiger charge is -2.05. The van der Waals surface area contributed by atoms with Crippen molar-refractivity contribution in [2.75, 3.05) is 0 Å². The van der Waals surface area contributed by atoms with E-state index < -0.39 is 0 Å². The topological polar surface area (TPSA) is 30.2 Å². The van der Waals surface area contributed by atoms with E-state index in [0.717, 1.165) is 15.6 Å². The molecule has 0 fully saturated rings. The first-order chi connectivity index (χ1) is 9.13. The summed E-state index contributed by atoms with van der Waals surface area (Å²) in [4.78, 5) is 11.7. The first kappa shape index (κ1) is 13.7. The quantitative estimate of drug-likeness (QED) is 0.640. The van der Waals surface area contributed by atoms with Crippen LogP contribution in [0.15, 0.2) is 53.3 Å². The molecule has 0 aliphatic carbocycles. The molecule has 0 N–H and O–H groups in total. The van der Waals surface area contributed by atoms with Crippen molar-refractivity contribution in [3.05, 3.63) is 64.4 Å². The van der Waals surface area contributed by atoms with Gasteiger partial charge in [0.25, 0.3) is 0 Å². The van der Waals surface area contributed by atoms with E-state index in [-0.39, 0.29) is 5.97 Å². The average Bonchev–Trinajstić information content (AvgIpc) is 2.41. The highest BCUT2D eigenvalue weighted by Gasteiger charge is 2.06. The zero-order valence-electron chi connectivity index (χ0n) is 10.7. The van der Waals surface area contributed by atoms with Gasteiger partial charge in [-0.2, -0.15) is 0 Å². The Kier molecular flexibility index (Phi) is 4.68. The molecule has 0 aliphatic rings. The van der Waals surface area contributed by atoms with Gasteiger partial charge in [0.15, 0.2) is 12.4 Å². The fourth-order valence-electron chi connectivity index (χ4n) is 1.61. The van der Waals surface area contributed by atoms with E-state index in [1.807, 2.05) is 60.4 Å². The zero-order valence-corrected chi connectivity index (χ0v) is 12.3. The van der Waals surface area contributed by atoms with Gasteiger partial charge in [-0.3, -0.25) is 4.79 Å². The van der Waals surface area contributed by atoms with Crippen LogP contribution in [0, 0.1) is 0 Å². The van der Waals surface area contributed by atoms with Crippen LogP contribution in [0.25, 0.3) is 0 Å². The third-order valence-corrected chi connectivity index (χ3v) is 3.24. The molecule has 0 saturated heterocycles. The van der Waals surface area contributed by atoms with Gasteiger partial charge in [-0.15, -0.1) is 0 Å². The van der Waals surface area contributed by atoms with Gasteiger partial charge in [-0.1, -0.05) is 28.1 Å². The van der Waals surface area contributed by atoms with Crippen molar-refractivity contribution < 1.29 is 14.1 Å². The number of aromatic nitrogens is 1. The molecule has 19 heavy (non-hydrogen) atoms. The van der Waals surface area contributed by atoms with Crippen LogP contribution in [0.2, 0.25) is 0 Å². The Morgan fingerprint density at radius 3 is 2.37 bits per heavy atom. The number of benzene rings is 1. The Morgan fingerprint density at radius 2 is 1.74 bits per heavy atom. The number of halogens is 1. The highest BCUT2D eigenvalue weighted by Crippen LogP contribution is 2.11. The predicted molar refractivity (Wildman–Crippen MR) is 75.3 cm³/mol.